The van der Waals surface area contributed by atoms with Gasteiger partial charge in [0.05, 0.1) is 11.3 Å². The highest BCUT2D eigenvalue weighted by Gasteiger charge is 2.26. The maximum absolute atomic E-state index is 13.9. The fourth-order valence-corrected chi connectivity index (χ4v) is 3.24. The summed E-state index contributed by atoms with van der Waals surface area (Å²) in [5, 5.41) is 3.74. The Morgan fingerprint density at radius 3 is 3.04 bits per heavy atom. The van der Waals surface area contributed by atoms with Crippen LogP contribution in [0.1, 0.15) is 16.8 Å². The predicted molar refractivity (Wildman–Crippen MR) is 90.5 cm³/mol. The number of nitrogens with one attached hydrogen (secondary N) is 2. The number of aromatic amines is 1. The lowest BCUT2D eigenvalue weighted by Crippen LogP contribution is -2.37. The lowest BCUT2D eigenvalue weighted by Gasteiger charge is -2.19. The van der Waals surface area contributed by atoms with Crippen molar-refractivity contribution in [2.45, 2.75) is 12.5 Å². The number of pyridine rings is 1. The monoisotopic (exact) mass is 342 g/mol. The summed E-state index contributed by atoms with van der Waals surface area (Å²) in [5.74, 6) is -1.38. The highest BCUT2D eigenvalue weighted by Crippen LogP contribution is 2.25. The molecule has 128 valence electrons. The molecule has 5 nitrogen and oxygen atoms in total. The molecule has 0 aliphatic carbocycles. The largest absolute Gasteiger partial charge is 0.367 e. The SMILES string of the molecule is O=C(N[C@H]1CCN(c2ccc(F)cc2F)C1)c1c[nH]c2ncccc12. The van der Waals surface area contributed by atoms with Crippen molar-refractivity contribution in [2.24, 2.45) is 0 Å². The fraction of sp³-hybridized carbons (Fsp3) is 0.222. The van der Waals surface area contributed by atoms with Crippen molar-refractivity contribution in [3.8, 4) is 0 Å². The lowest BCUT2D eigenvalue weighted by atomic mass is 10.2. The predicted octanol–water partition coefficient (Wildman–Crippen LogP) is 2.85. The van der Waals surface area contributed by atoms with Gasteiger partial charge in [-0.15, -0.1) is 0 Å². The van der Waals surface area contributed by atoms with Crippen LogP contribution in [-0.4, -0.2) is 35.0 Å². The maximum atomic E-state index is 13.9. The molecule has 1 saturated heterocycles. The van der Waals surface area contributed by atoms with Crippen LogP contribution >= 0.6 is 0 Å². The molecule has 1 atom stereocenters. The molecule has 0 radical (unpaired) electrons. The van der Waals surface area contributed by atoms with E-state index in [9.17, 15) is 13.6 Å². The van der Waals surface area contributed by atoms with Crippen molar-refractivity contribution in [1.29, 1.82) is 0 Å². The molecule has 1 aromatic carbocycles. The van der Waals surface area contributed by atoms with E-state index in [1.807, 2.05) is 11.0 Å². The molecule has 0 spiro atoms. The van der Waals surface area contributed by atoms with Crippen molar-refractivity contribution in [3.05, 3.63) is 59.9 Å². The number of anilines is 1. The van der Waals surface area contributed by atoms with Crippen molar-refractivity contribution in [2.75, 3.05) is 18.0 Å². The van der Waals surface area contributed by atoms with Crippen LogP contribution in [0.3, 0.4) is 0 Å². The minimum Gasteiger partial charge on any atom is -0.367 e. The Balaban J connectivity index is 1.46. The number of fused-ring (bicyclic) bond motifs is 1. The lowest BCUT2D eigenvalue weighted by molar-refractivity contribution is 0.0942. The number of hydrogen-bond donors (Lipinski definition) is 2. The minimum atomic E-state index is -0.599. The standard InChI is InChI=1S/C18H16F2N4O/c19-11-3-4-16(15(20)8-11)24-7-5-12(10-24)23-18(25)14-9-22-17-13(14)2-1-6-21-17/h1-4,6,8-9,12H,5,7,10H2,(H,21,22)(H,23,25)/t12-/m0/s1. The van der Waals surface area contributed by atoms with Crippen LogP contribution in [0.15, 0.2) is 42.7 Å². The van der Waals surface area contributed by atoms with Gasteiger partial charge >= 0.3 is 0 Å². The summed E-state index contributed by atoms with van der Waals surface area (Å²) in [5.41, 5.74) is 1.55. The quantitative estimate of drug-likeness (QED) is 0.769. The average molecular weight is 342 g/mol. The molecular weight excluding hydrogens is 326 g/mol. The van der Waals surface area contributed by atoms with Crippen LogP contribution in [0.25, 0.3) is 11.0 Å². The van der Waals surface area contributed by atoms with Crippen molar-refractivity contribution in [3.63, 3.8) is 0 Å². The number of benzene rings is 1. The molecule has 25 heavy (non-hydrogen) atoms. The molecule has 2 N–H and O–H groups in total. The van der Waals surface area contributed by atoms with E-state index in [4.69, 9.17) is 0 Å². The van der Waals surface area contributed by atoms with Crippen LogP contribution in [0.4, 0.5) is 14.5 Å². The van der Waals surface area contributed by atoms with Crippen LogP contribution in [0.2, 0.25) is 0 Å². The van der Waals surface area contributed by atoms with Gasteiger partial charge in [0.2, 0.25) is 0 Å². The molecule has 0 unspecified atom stereocenters. The molecule has 4 rings (SSSR count). The highest BCUT2D eigenvalue weighted by molar-refractivity contribution is 6.06. The Morgan fingerprint density at radius 1 is 1.32 bits per heavy atom. The zero-order chi connectivity index (χ0) is 17.4. The molecule has 2 aromatic heterocycles. The van der Waals surface area contributed by atoms with Crippen LogP contribution in [0.5, 0.6) is 0 Å². The summed E-state index contributed by atoms with van der Waals surface area (Å²) >= 11 is 0. The zero-order valence-corrected chi connectivity index (χ0v) is 13.3. The van der Waals surface area contributed by atoms with Gasteiger partial charge in [-0.25, -0.2) is 13.8 Å². The number of aromatic nitrogens is 2. The van der Waals surface area contributed by atoms with Gasteiger partial charge in [-0.1, -0.05) is 0 Å². The van der Waals surface area contributed by atoms with Gasteiger partial charge in [0.25, 0.3) is 5.91 Å². The summed E-state index contributed by atoms with van der Waals surface area (Å²) in [6, 6.07) is 7.06. The smallest absolute Gasteiger partial charge is 0.253 e. The summed E-state index contributed by atoms with van der Waals surface area (Å²) in [6.07, 6.45) is 4.00. The molecule has 1 fully saturated rings. The molecule has 1 aliphatic heterocycles. The van der Waals surface area contributed by atoms with E-state index >= 15 is 0 Å². The van der Waals surface area contributed by atoms with Crippen molar-refractivity contribution < 1.29 is 13.6 Å². The molecule has 0 bridgehead atoms. The normalized spacial score (nSPS) is 17.2. The Labute approximate surface area is 142 Å². The third kappa shape index (κ3) is 2.93. The van der Waals surface area contributed by atoms with Gasteiger partial charge in [-0.3, -0.25) is 4.79 Å². The van der Waals surface area contributed by atoms with E-state index in [0.717, 1.165) is 11.5 Å². The number of H-pyrrole nitrogens is 1. The number of carbonyl (C=O) groups excluding carboxylic acids is 1. The Kier molecular flexibility index (Phi) is 3.83. The Hall–Kier alpha value is -2.96. The minimum absolute atomic E-state index is 0.0985. The van der Waals surface area contributed by atoms with Crippen LogP contribution in [0, 0.1) is 11.6 Å². The molecule has 1 amide bonds. The Morgan fingerprint density at radius 2 is 2.20 bits per heavy atom. The highest BCUT2D eigenvalue weighted by atomic mass is 19.1. The number of hydrogen-bond acceptors (Lipinski definition) is 3. The summed E-state index contributed by atoms with van der Waals surface area (Å²) in [7, 11) is 0. The molecular formula is C18H16F2N4O. The van der Waals surface area contributed by atoms with E-state index in [2.05, 4.69) is 15.3 Å². The molecule has 7 heteroatoms. The second-order valence-corrected chi connectivity index (χ2v) is 6.10. The molecule has 3 aromatic rings. The molecule has 1 aliphatic rings. The number of halogens is 2. The van der Waals surface area contributed by atoms with Crippen molar-refractivity contribution >= 4 is 22.6 Å². The first-order chi connectivity index (χ1) is 12.1. The first kappa shape index (κ1) is 15.6. The fourth-order valence-electron chi connectivity index (χ4n) is 3.24. The zero-order valence-electron chi connectivity index (χ0n) is 13.3. The van der Waals surface area contributed by atoms with E-state index in [1.54, 1.807) is 18.5 Å². The summed E-state index contributed by atoms with van der Waals surface area (Å²) in [6.45, 7) is 1.08. The van der Waals surface area contributed by atoms with E-state index in [0.29, 0.717) is 36.4 Å². The number of carbonyl (C=O) groups is 1. The molecule has 3 heterocycles. The number of rotatable bonds is 3. The average Bonchev–Trinajstić information content (AvgIpc) is 3.21. The van der Waals surface area contributed by atoms with E-state index < -0.39 is 11.6 Å². The van der Waals surface area contributed by atoms with E-state index in [-0.39, 0.29) is 11.9 Å². The van der Waals surface area contributed by atoms with E-state index in [1.165, 1.54) is 12.1 Å². The van der Waals surface area contributed by atoms with Gasteiger partial charge in [0.15, 0.2) is 0 Å². The van der Waals surface area contributed by atoms with Crippen LogP contribution < -0.4 is 10.2 Å². The summed E-state index contributed by atoms with van der Waals surface area (Å²) < 4.78 is 27.0. The first-order valence-electron chi connectivity index (χ1n) is 8.05. The van der Waals surface area contributed by atoms with Gasteiger partial charge in [-0.2, -0.15) is 0 Å². The summed E-state index contributed by atoms with van der Waals surface area (Å²) in [4.78, 5) is 21.5. The number of nitrogens with zero attached hydrogens (tertiary/aromatic N) is 2. The van der Waals surface area contributed by atoms with Gasteiger partial charge < -0.3 is 15.2 Å². The third-order valence-electron chi connectivity index (χ3n) is 4.47. The second kappa shape index (κ2) is 6.16. The second-order valence-electron chi connectivity index (χ2n) is 6.10. The Bertz CT molecular complexity index is 940. The van der Waals surface area contributed by atoms with Crippen molar-refractivity contribution in [1.82, 2.24) is 15.3 Å². The first-order valence-corrected chi connectivity index (χ1v) is 8.05. The van der Waals surface area contributed by atoms with Crippen LogP contribution in [-0.2, 0) is 0 Å². The topological polar surface area (TPSA) is 61.0 Å². The van der Waals surface area contributed by atoms with Gasteiger partial charge in [-0.05, 0) is 30.7 Å². The van der Waals surface area contributed by atoms with Gasteiger partial charge in [0, 0.05) is 43.0 Å². The third-order valence-corrected chi connectivity index (χ3v) is 4.47. The maximum Gasteiger partial charge on any atom is 0.253 e. The molecule has 0 saturated carbocycles. The van der Waals surface area contributed by atoms with Gasteiger partial charge in [0.1, 0.15) is 17.3 Å². The number of amides is 1.